The highest BCUT2D eigenvalue weighted by Crippen LogP contribution is 2.20. The van der Waals surface area contributed by atoms with E-state index >= 15 is 0 Å². The van der Waals surface area contributed by atoms with Gasteiger partial charge in [0.25, 0.3) is 0 Å². The van der Waals surface area contributed by atoms with E-state index in [1.807, 2.05) is 6.92 Å². The molecule has 92 valence electrons. The van der Waals surface area contributed by atoms with Crippen LogP contribution in [0.2, 0.25) is 0 Å². The van der Waals surface area contributed by atoms with Crippen molar-refractivity contribution in [2.75, 3.05) is 13.1 Å². The maximum Gasteiger partial charge on any atom is 0.239 e. The van der Waals surface area contributed by atoms with Gasteiger partial charge in [-0.25, -0.2) is 4.39 Å². The van der Waals surface area contributed by atoms with E-state index in [1.54, 1.807) is 11.0 Å². The van der Waals surface area contributed by atoms with E-state index in [0.29, 0.717) is 17.6 Å². The first kappa shape index (κ1) is 12.5. The zero-order valence-electron chi connectivity index (χ0n) is 9.54. The lowest BCUT2D eigenvalue weighted by Gasteiger charge is -2.31. The largest absolute Gasteiger partial charge is 0.336 e. The number of amides is 1. The summed E-state index contributed by atoms with van der Waals surface area (Å²) in [4.78, 5) is 13.7. The number of nitrogens with one attached hydrogen (secondary N) is 1. The van der Waals surface area contributed by atoms with Crippen molar-refractivity contribution in [3.8, 4) is 0 Å². The van der Waals surface area contributed by atoms with Crippen molar-refractivity contribution >= 4 is 21.8 Å². The first-order chi connectivity index (χ1) is 8.08. The first-order valence-corrected chi connectivity index (χ1v) is 6.33. The molecule has 2 rings (SSSR count). The predicted molar refractivity (Wildman–Crippen MR) is 67.0 cm³/mol. The van der Waals surface area contributed by atoms with Gasteiger partial charge in [0.2, 0.25) is 5.91 Å². The molecule has 17 heavy (non-hydrogen) atoms. The van der Waals surface area contributed by atoms with Crippen molar-refractivity contribution in [2.45, 2.75) is 19.5 Å². The monoisotopic (exact) mass is 300 g/mol. The number of rotatable bonds is 2. The van der Waals surface area contributed by atoms with Gasteiger partial charge in [0, 0.05) is 24.1 Å². The standard InChI is InChI=1S/C12H14BrFN2O/c1-8-12(17)16(5-4-15-8)7-9-2-3-10(14)6-11(9)13/h2-3,6,8,15H,4-5,7H2,1H3. The van der Waals surface area contributed by atoms with Crippen LogP contribution in [0.4, 0.5) is 4.39 Å². The molecule has 0 saturated carbocycles. The number of hydrogen-bond acceptors (Lipinski definition) is 2. The second-order valence-corrected chi connectivity index (χ2v) is 5.03. The summed E-state index contributed by atoms with van der Waals surface area (Å²) in [7, 11) is 0. The minimum atomic E-state index is -0.277. The highest BCUT2D eigenvalue weighted by Gasteiger charge is 2.24. The Balaban J connectivity index is 2.12. The molecule has 1 fully saturated rings. The lowest BCUT2D eigenvalue weighted by Crippen LogP contribution is -2.53. The van der Waals surface area contributed by atoms with E-state index < -0.39 is 0 Å². The molecule has 1 atom stereocenters. The van der Waals surface area contributed by atoms with Gasteiger partial charge in [-0.15, -0.1) is 0 Å². The number of benzene rings is 1. The van der Waals surface area contributed by atoms with Crippen LogP contribution >= 0.6 is 15.9 Å². The Morgan fingerprint density at radius 2 is 2.35 bits per heavy atom. The van der Waals surface area contributed by atoms with E-state index in [-0.39, 0.29) is 17.8 Å². The SMILES string of the molecule is CC1NCCN(Cc2ccc(F)cc2Br)C1=O. The molecule has 0 radical (unpaired) electrons. The van der Waals surface area contributed by atoms with Crippen LogP contribution in [0.5, 0.6) is 0 Å². The smallest absolute Gasteiger partial charge is 0.239 e. The van der Waals surface area contributed by atoms with Crippen LogP contribution in [0.3, 0.4) is 0 Å². The van der Waals surface area contributed by atoms with Gasteiger partial charge in [0.05, 0.1) is 6.04 Å². The molecule has 1 aromatic rings. The number of halogens is 2. The molecule has 1 saturated heterocycles. The van der Waals surface area contributed by atoms with Crippen molar-refractivity contribution < 1.29 is 9.18 Å². The number of carbonyl (C=O) groups is 1. The van der Waals surface area contributed by atoms with Crippen LogP contribution in [0.25, 0.3) is 0 Å². The number of hydrogen-bond donors (Lipinski definition) is 1. The summed E-state index contributed by atoms with van der Waals surface area (Å²) in [5.41, 5.74) is 0.925. The molecule has 1 amide bonds. The van der Waals surface area contributed by atoms with Crippen molar-refractivity contribution in [3.05, 3.63) is 34.1 Å². The summed E-state index contributed by atoms with van der Waals surface area (Å²) in [5, 5.41) is 3.11. The maximum absolute atomic E-state index is 12.9. The minimum absolute atomic E-state index is 0.0903. The molecule has 1 unspecified atom stereocenters. The molecule has 5 heteroatoms. The Morgan fingerprint density at radius 3 is 3.06 bits per heavy atom. The zero-order chi connectivity index (χ0) is 12.4. The molecule has 1 N–H and O–H groups in total. The molecule has 1 heterocycles. The lowest BCUT2D eigenvalue weighted by atomic mass is 10.1. The van der Waals surface area contributed by atoms with Crippen LogP contribution in [-0.4, -0.2) is 29.9 Å². The molecule has 3 nitrogen and oxygen atoms in total. The van der Waals surface area contributed by atoms with Gasteiger partial charge in [-0.2, -0.15) is 0 Å². The average molecular weight is 301 g/mol. The van der Waals surface area contributed by atoms with Crippen molar-refractivity contribution in [1.82, 2.24) is 10.2 Å². The van der Waals surface area contributed by atoms with Crippen LogP contribution in [0.15, 0.2) is 22.7 Å². The van der Waals surface area contributed by atoms with Crippen LogP contribution < -0.4 is 5.32 Å². The fourth-order valence-corrected chi connectivity index (χ4v) is 2.38. The number of carbonyl (C=O) groups excluding carboxylic acids is 1. The average Bonchev–Trinajstić information content (AvgIpc) is 2.28. The summed E-state index contributed by atoms with van der Waals surface area (Å²) < 4.78 is 13.6. The topological polar surface area (TPSA) is 32.3 Å². The van der Waals surface area contributed by atoms with Crippen molar-refractivity contribution in [1.29, 1.82) is 0 Å². The van der Waals surface area contributed by atoms with Crippen LogP contribution in [0.1, 0.15) is 12.5 Å². The molecule has 0 aromatic heterocycles. The number of piperazine rings is 1. The van der Waals surface area contributed by atoms with E-state index in [4.69, 9.17) is 0 Å². The third kappa shape index (κ3) is 2.84. The molecule has 0 spiro atoms. The van der Waals surface area contributed by atoms with Crippen molar-refractivity contribution in [3.63, 3.8) is 0 Å². The van der Waals surface area contributed by atoms with Gasteiger partial charge in [0.1, 0.15) is 5.82 Å². The van der Waals surface area contributed by atoms with E-state index in [0.717, 1.165) is 12.1 Å². The maximum atomic E-state index is 12.9. The number of nitrogens with zero attached hydrogens (tertiary/aromatic N) is 1. The van der Waals surface area contributed by atoms with E-state index in [1.165, 1.54) is 12.1 Å². The molecule has 0 bridgehead atoms. The van der Waals surface area contributed by atoms with Crippen molar-refractivity contribution in [2.24, 2.45) is 0 Å². The second kappa shape index (κ2) is 5.14. The third-order valence-electron chi connectivity index (χ3n) is 2.89. The van der Waals surface area contributed by atoms with Crippen LogP contribution in [0, 0.1) is 5.82 Å². The van der Waals surface area contributed by atoms with Gasteiger partial charge in [0.15, 0.2) is 0 Å². The van der Waals surface area contributed by atoms with Gasteiger partial charge in [-0.3, -0.25) is 4.79 Å². The summed E-state index contributed by atoms with van der Waals surface area (Å²) in [6, 6.07) is 4.41. The molecule has 0 aliphatic carbocycles. The quantitative estimate of drug-likeness (QED) is 0.905. The fourth-order valence-electron chi connectivity index (χ4n) is 1.90. The Morgan fingerprint density at radius 1 is 1.59 bits per heavy atom. The van der Waals surface area contributed by atoms with Crippen LogP contribution in [-0.2, 0) is 11.3 Å². The normalized spacial score (nSPS) is 20.8. The third-order valence-corrected chi connectivity index (χ3v) is 3.63. The lowest BCUT2D eigenvalue weighted by molar-refractivity contribution is -0.135. The zero-order valence-corrected chi connectivity index (χ0v) is 11.1. The Kier molecular flexibility index (Phi) is 3.79. The fraction of sp³-hybridized carbons (Fsp3) is 0.417. The Hall–Kier alpha value is -0.940. The van der Waals surface area contributed by atoms with Gasteiger partial charge < -0.3 is 10.2 Å². The first-order valence-electron chi connectivity index (χ1n) is 5.54. The second-order valence-electron chi connectivity index (χ2n) is 4.17. The van der Waals surface area contributed by atoms with E-state index in [2.05, 4.69) is 21.2 Å². The summed E-state index contributed by atoms with van der Waals surface area (Å²) in [6.07, 6.45) is 0. The Bertz CT molecular complexity index is 439. The molecule has 1 aromatic carbocycles. The summed E-state index contributed by atoms with van der Waals surface area (Å²) >= 11 is 3.32. The predicted octanol–water partition coefficient (Wildman–Crippen LogP) is 1.91. The Labute approximate surface area is 108 Å². The highest BCUT2D eigenvalue weighted by molar-refractivity contribution is 9.10. The molecular formula is C12H14BrFN2O. The molecule has 1 aliphatic rings. The summed E-state index contributed by atoms with van der Waals surface area (Å²) in [6.45, 7) is 3.86. The highest BCUT2D eigenvalue weighted by atomic mass is 79.9. The molecule has 1 aliphatic heterocycles. The van der Waals surface area contributed by atoms with E-state index in [9.17, 15) is 9.18 Å². The summed E-state index contributed by atoms with van der Waals surface area (Å²) in [5.74, 6) is -0.187. The molecular weight excluding hydrogens is 287 g/mol. The minimum Gasteiger partial charge on any atom is -0.336 e. The van der Waals surface area contributed by atoms with Gasteiger partial charge >= 0.3 is 0 Å². The van der Waals surface area contributed by atoms with Gasteiger partial charge in [-0.1, -0.05) is 22.0 Å². The van der Waals surface area contributed by atoms with Gasteiger partial charge in [-0.05, 0) is 24.6 Å².